The van der Waals surface area contributed by atoms with E-state index in [1.807, 2.05) is 71.9 Å². The van der Waals surface area contributed by atoms with Gasteiger partial charge in [-0.1, -0.05) is 70.9 Å². The van der Waals surface area contributed by atoms with Crippen molar-refractivity contribution in [1.29, 1.82) is 0 Å². The number of unbranched alkanes of at least 4 members (excludes halogenated alkanes) is 2. The molecule has 3 rings (SSSR count). The number of nitrogens with one attached hydrogen (secondary N) is 5. The molecule has 0 saturated carbocycles. The molecule has 1 aromatic heterocycles. The molecule has 0 aliphatic carbocycles. The number of nitrogens with zero attached hydrogens (tertiary/aromatic N) is 3. The van der Waals surface area contributed by atoms with E-state index in [0.29, 0.717) is 51.1 Å². The second kappa shape index (κ2) is 43.1. The Hall–Kier alpha value is -6.86. The summed E-state index contributed by atoms with van der Waals surface area (Å²) in [6, 6.07) is 4.81. The number of anilines is 1. The van der Waals surface area contributed by atoms with E-state index in [1.165, 1.54) is 0 Å². The third kappa shape index (κ3) is 31.6. The van der Waals surface area contributed by atoms with Gasteiger partial charge in [-0.25, -0.2) is 0 Å². The van der Waals surface area contributed by atoms with Gasteiger partial charge in [-0.2, -0.15) is 0 Å². The first kappa shape index (κ1) is 79.4. The smallest absolute Gasteiger partial charge is 0.370 e. The van der Waals surface area contributed by atoms with Crippen LogP contribution >= 0.6 is 0 Å². The van der Waals surface area contributed by atoms with Crippen molar-refractivity contribution in [1.82, 2.24) is 36.6 Å². The number of primary amides is 2. The van der Waals surface area contributed by atoms with Crippen LogP contribution in [0.15, 0.2) is 42.7 Å². The molecular weight excluding hydrogens is 1250 g/mol. The van der Waals surface area contributed by atoms with E-state index >= 15 is 0 Å². The van der Waals surface area contributed by atoms with Gasteiger partial charge in [0.25, 0.3) is 0 Å². The Kier molecular flexibility index (Phi) is 37.2. The SMILES string of the molecule is CC(C)C[C@H](CC(=O)CNC(=O)[C@H](C[Se]c1cnc(N2CCCCC2)nc1)CC(=O)CNC(=O)CCC(=O)[C@H](Cc1ccccc1)NC(=O)[C@@H](N)CC(C)C)C(=O)N[C@@H](CC(C)C)C(=O)C[C@@H](CCCCN)C(=O)N[C@@H](CC(N)=O)C(=O)C[C@@H](CCCCN)C(N)=O. The molecule has 92 heavy (non-hydrogen) atoms. The molecule has 2 aromatic rings. The molecule has 15 N–H and O–H groups in total. The number of aromatic nitrogens is 2. The minimum Gasteiger partial charge on any atom is -0.370 e. The van der Waals surface area contributed by atoms with Crippen LogP contribution in [0.1, 0.15) is 169 Å². The molecule has 25 nitrogen and oxygen atoms in total. The summed E-state index contributed by atoms with van der Waals surface area (Å²) in [5.41, 5.74) is 29.4. The molecule has 0 radical (unpaired) electrons. The minimum absolute atomic E-state index is 0.0946. The van der Waals surface area contributed by atoms with E-state index in [1.54, 1.807) is 12.4 Å². The van der Waals surface area contributed by atoms with Crippen molar-refractivity contribution in [2.75, 3.05) is 44.2 Å². The third-order valence-electron chi connectivity index (χ3n) is 15.9. The van der Waals surface area contributed by atoms with Gasteiger partial charge in [0, 0.05) is 24.7 Å². The molecular formula is C66H105N13O12Se. The first-order chi connectivity index (χ1) is 43.7. The number of amides is 7. The van der Waals surface area contributed by atoms with Crippen LogP contribution in [-0.4, -0.2) is 159 Å². The van der Waals surface area contributed by atoms with Gasteiger partial charge in [-0.05, 0) is 62.6 Å². The number of carbonyl (C=O) groups excluding carboxylic acids is 12. The summed E-state index contributed by atoms with van der Waals surface area (Å²) in [7, 11) is 0. The van der Waals surface area contributed by atoms with Gasteiger partial charge >= 0.3 is 283 Å². The van der Waals surface area contributed by atoms with E-state index in [2.05, 4.69) is 41.5 Å². The van der Waals surface area contributed by atoms with Crippen LogP contribution in [-0.2, 0) is 64.0 Å². The molecule has 7 amide bonds. The molecule has 1 aliphatic rings. The van der Waals surface area contributed by atoms with Crippen molar-refractivity contribution in [2.24, 2.45) is 70.1 Å². The van der Waals surface area contributed by atoms with Crippen LogP contribution in [0.2, 0.25) is 5.32 Å². The van der Waals surface area contributed by atoms with Gasteiger partial charge in [0.05, 0.1) is 18.5 Å². The average molecular weight is 1350 g/mol. The van der Waals surface area contributed by atoms with Gasteiger partial charge in [-0.3, -0.25) is 28.8 Å². The van der Waals surface area contributed by atoms with E-state index in [9.17, 15) is 57.5 Å². The Morgan fingerprint density at radius 3 is 1.65 bits per heavy atom. The zero-order valence-electron chi connectivity index (χ0n) is 55.0. The fourth-order valence-corrected chi connectivity index (χ4v) is 12.8. The maximum absolute atomic E-state index is 14.4. The van der Waals surface area contributed by atoms with E-state index in [-0.39, 0.29) is 93.7 Å². The number of carbonyl (C=O) groups is 12. The summed E-state index contributed by atoms with van der Waals surface area (Å²) < 4.78 is 0.769. The van der Waals surface area contributed by atoms with Crippen molar-refractivity contribution in [3.05, 3.63) is 48.3 Å². The monoisotopic (exact) mass is 1350 g/mol. The summed E-state index contributed by atoms with van der Waals surface area (Å²) in [5, 5.41) is 13.7. The first-order valence-corrected chi connectivity index (χ1v) is 34.8. The van der Waals surface area contributed by atoms with Gasteiger partial charge in [0.1, 0.15) is 0 Å². The normalized spacial score (nSPS) is 15.0. The van der Waals surface area contributed by atoms with E-state index < -0.39 is 153 Å². The summed E-state index contributed by atoms with van der Waals surface area (Å²) in [6.45, 7) is 12.7. The van der Waals surface area contributed by atoms with Crippen LogP contribution in [0.5, 0.6) is 0 Å². The van der Waals surface area contributed by atoms with Gasteiger partial charge < -0.3 is 34.0 Å². The zero-order chi connectivity index (χ0) is 68.3. The van der Waals surface area contributed by atoms with E-state index in [4.69, 9.17) is 28.7 Å². The Labute approximate surface area is 549 Å². The van der Waals surface area contributed by atoms with Crippen LogP contribution in [0, 0.1) is 41.4 Å². The zero-order valence-corrected chi connectivity index (χ0v) is 56.7. The second-order valence-electron chi connectivity index (χ2n) is 25.7. The van der Waals surface area contributed by atoms with Crippen LogP contribution in [0.4, 0.5) is 5.95 Å². The van der Waals surface area contributed by atoms with Crippen LogP contribution in [0.25, 0.3) is 0 Å². The van der Waals surface area contributed by atoms with Gasteiger partial charge in [-0.15, -0.1) is 0 Å². The number of benzene rings is 1. The molecule has 1 aliphatic heterocycles. The molecule has 512 valence electrons. The number of hydrogen-bond acceptors (Lipinski definition) is 18. The van der Waals surface area contributed by atoms with Crippen LogP contribution in [0.3, 0.4) is 0 Å². The standard InChI is InChI=1S/C66H105N13O12Se/c1-41(2)27-47(64(90)76-53(29-43(5)6)58(84)34-46(20-12-14-24-68)63(89)77-55(35-59(70)85)57(83)33-45(61(71)87)19-11-13-23-67)31-49(80)37-73-62(88)48(40-92-51-38-74-66(75-39-51)79-25-15-8-16-26-79)32-50(81)36-72-60(86)22-21-56(82)54(30-44-17-9-7-10-18-44)78-65(91)52(69)28-42(3)4/h7,9-10,17-18,38-39,41-43,45-48,52-55H,8,11-16,19-37,40,67-69H2,1-6H3,(H2,70,85)(H2,71,87)(H,72,86)(H,73,88)(H,76,90)(H,77,89)(H,78,91)/t45-,46-,47-,48+,52+,53+,54+,55+/m1/s1. The minimum atomic E-state index is -1.41. The average Bonchev–Trinajstić information content (AvgIpc) is 1.49. The van der Waals surface area contributed by atoms with Crippen LogP contribution < -0.4 is 64.6 Å². The van der Waals surface area contributed by atoms with Gasteiger partial charge in [0.2, 0.25) is 23.6 Å². The molecule has 0 bridgehead atoms. The van der Waals surface area contributed by atoms with Crippen molar-refractivity contribution in [2.45, 2.75) is 199 Å². The van der Waals surface area contributed by atoms with Crippen molar-refractivity contribution >= 4 is 95.6 Å². The Morgan fingerprint density at radius 2 is 1.08 bits per heavy atom. The van der Waals surface area contributed by atoms with Gasteiger partial charge in [0.15, 0.2) is 5.78 Å². The Bertz CT molecular complexity index is 2710. The van der Waals surface area contributed by atoms with E-state index in [0.717, 1.165) is 42.4 Å². The molecule has 1 saturated heterocycles. The summed E-state index contributed by atoms with van der Waals surface area (Å²) >= 11 is -0.423. The molecule has 8 atom stereocenters. The second-order valence-corrected chi connectivity index (χ2v) is 28.0. The van der Waals surface area contributed by atoms with Crippen molar-refractivity contribution in [3.8, 4) is 0 Å². The molecule has 1 fully saturated rings. The fraction of sp³-hybridized carbons (Fsp3) is 0.667. The van der Waals surface area contributed by atoms with Crippen molar-refractivity contribution in [3.63, 3.8) is 0 Å². The summed E-state index contributed by atoms with van der Waals surface area (Å²) in [4.78, 5) is 174. The maximum atomic E-state index is 14.4. The van der Waals surface area contributed by atoms with Crippen molar-refractivity contribution < 1.29 is 57.5 Å². The number of nitrogens with two attached hydrogens (primary N) is 5. The molecule has 1 aromatic carbocycles. The first-order valence-electron chi connectivity index (χ1n) is 32.7. The summed E-state index contributed by atoms with van der Waals surface area (Å²) in [5.74, 6) is -10.3. The third-order valence-corrected chi connectivity index (χ3v) is 18.3. The molecule has 0 spiro atoms. The molecule has 0 unspecified atom stereocenters. The topological polar surface area (TPSA) is 424 Å². The number of rotatable bonds is 48. The molecule has 26 heteroatoms. The predicted octanol–water partition coefficient (Wildman–Crippen LogP) is 1.88. The Morgan fingerprint density at radius 1 is 0.543 bits per heavy atom. The fourth-order valence-electron chi connectivity index (χ4n) is 10.9. The predicted molar refractivity (Wildman–Crippen MR) is 352 cm³/mol. The quantitative estimate of drug-likeness (QED) is 0.0334. The Balaban J connectivity index is 1.76. The number of ketones is 5. The molecule has 2 heterocycles. The number of hydrogen-bond donors (Lipinski definition) is 10. The number of piperidine rings is 1. The summed E-state index contributed by atoms with van der Waals surface area (Å²) in [6.07, 6.45) is 7.67. The number of Topliss-reactive ketones (excluding diaryl/α,β-unsaturated/α-hetero) is 5.